The first-order valence-corrected chi connectivity index (χ1v) is 44.2. The van der Waals surface area contributed by atoms with Gasteiger partial charge >= 0.3 is 0 Å². The van der Waals surface area contributed by atoms with E-state index in [0.29, 0.717) is 34.9 Å². The molecule has 24 rings (SSSR count). The molecular formula is C114H70N8S3. The van der Waals surface area contributed by atoms with E-state index in [1.807, 2.05) is 107 Å². The molecule has 0 aliphatic heterocycles. The first-order valence-electron chi connectivity index (χ1n) is 41.7. The molecule has 0 fully saturated rings. The maximum atomic E-state index is 5.52. The monoisotopic (exact) mass is 1650 g/mol. The molecule has 17 aromatic carbocycles. The quantitative estimate of drug-likeness (QED) is 0.106. The molecule has 0 bridgehead atoms. The molecule has 0 radical (unpaired) electrons. The number of hydrogen-bond donors (Lipinski definition) is 0. The molecule has 125 heavy (non-hydrogen) atoms. The average molecular weight is 1650 g/mol. The van der Waals surface area contributed by atoms with Crippen LogP contribution in [0.15, 0.2) is 425 Å². The van der Waals surface area contributed by atoms with Crippen molar-refractivity contribution in [3.05, 3.63) is 425 Å². The lowest BCUT2D eigenvalue weighted by Crippen LogP contribution is -2.00. The fourth-order valence-electron chi connectivity index (χ4n) is 17.2. The highest BCUT2D eigenvalue weighted by Gasteiger charge is 2.23. The summed E-state index contributed by atoms with van der Waals surface area (Å²) in [5, 5.41) is 10.0. The fraction of sp³-hybridized carbons (Fsp3) is 0. The Labute approximate surface area is 732 Å². The summed E-state index contributed by atoms with van der Waals surface area (Å²) in [6, 6.07) is 150. The predicted octanol–water partition coefficient (Wildman–Crippen LogP) is 31.3. The van der Waals surface area contributed by atoms with Crippen LogP contribution in [0.3, 0.4) is 0 Å². The van der Waals surface area contributed by atoms with Crippen LogP contribution in [0, 0.1) is 0 Å². The average Bonchev–Trinajstić information content (AvgIpc) is 1.60. The molecule has 0 aliphatic carbocycles. The molecule has 584 valence electrons. The Bertz CT molecular complexity index is 8090. The number of pyridine rings is 2. The Balaban J connectivity index is 0.000000144. The van der Waals surface area contributed by atoms with E-state index in [0.717, 1.165) is 111 Å². The molecular weight excluding hydrogens is 1580 g/mol. The largest absolute Gasteiger partial charge is 0.246 e. The van der Waals surface area contributed by atoms with Gasteiger partial charge < -0.3 is 0 Å². The maximum Gasteiger partial charge on any atom is 0.164 e. The summed E-state index contributed by atoms with van der Waals surface area (Å²) in [7, 11) is 0. The zero-order valence-corrected chi connectivity index (χ0v) is 69.7. The third-order valence-corrected chi connectivity index (χ3v) is 27.0. The summed E-state index contributed by atoms with van der Waals surface area (Å²) in [4.78, 5) is 41.1. The van der Waals surface area contributed by atoms with Gasteiger partial charge in [0.2, 0.25) is 0 Å². The number of benzene rings is 17. The van der Waals surface area contributed by atoms with Gasteiger partial charge in [0.25, 0.3) is 0 Å². The third-order valence-electron chi connectivity index (χ3n) is 23.5. The van der Waals surface area contributed by atoms with Gasteiger partial charge in [-0.1, -0.05) is 370 Å². The minimum Gasteiger partial charge on any atom is -0.246 e. The van der Waals surface area contributed by atoms with Crippen LogP contribution >= 0.6 is 34.0 Å². The number of rotatable bonds is 14. The smallest absolute Gasteiger partial charge is 0.164 e. The van der Waals surface area contributed by atoms with Crippen molar-refractivity contribution in [2.45, 2.75) is 0 Å². The molecule has 7 aromatic heterocycles. The van der Waals surface area contributed by atoms with Gasteiger partial charge in [-0.25, -0.2) is 39.9 Å². The van der Waals surface area contributed by atoms with Gasteiger partial charge in [-0.05, 0) is 121 Å². The second kappa shape index (κ2) is 32.0. The highest BCUT2D eigenvalue weighted by molar-refractivity contribution is 7.27. The summed E-state index contributed by atoms with van der Waals surface area (Å²) in [6.07, 6.45) is 0. The molecule has 0 spiro atoms. The third kappa shape index (κ3) is 14.3. The number of hydrogen-bond acceptors (Lipinski definition) is 11. The summed E-state index contributed by atoms with van der Waals surface area (Å²) >= 11 is 5.49. The second-order valence-electron chi connectivity index (χ2n) is 31.2. The molecule has 0 saturated carbocycles. The van der Waals surface area contributed by atoms with E-state index in [1.54, 1.807) is 0 Å². The lowest BCUT2D eigenvalue weighted by Gasteiger charge is -2.12. The van der Waals surface area contributed by atoms with Crippen LogP contribution in [0.1, 0.15) is 0 Å². The van der Waals surface area contributed by atoms with Gasteiger partial charge in [0, 0.05) is 106 Å². The van der Waals surface area contributed by atoms with E-state index in [-0.39, 0.29) is 0 Å². The van der Waals surface area contributed by atoms with E-state index < -0.39 is 0 Å². The van der Waals surface area contributed by atoms with Crippen molar-refractivity contribution in [2.75, 3.05) is 0 Å². The summed E-state index contributed by atoms with van der Waals surface area (Å²) in [5.74, 6) is 3.79. The summed E-state index contributed by atoms with van der Waals surface area (Å²) in [5.41, 5.74) is 25.4. The SMILES string of the molecule is c1ccc(-c2ccc(-c3nc(-c4ccc(-c5ccccc5)cc4)nc(-c4ccc(-c5cccc(-c6nc7cc(-c8ccccc8)ccc7c7c6sc6ccccc67)c5)cc4)n3)cc2)cc1.c1ccc(-c2nc(-c3ccccc3)nc(-c3cccc(-c4cccc(-c5nc6cc(-c7ccc8c(c7)sc7ccccc78)ccc6c6c5sc5ccccc56)c4)c3)n2)cc1. The summed E-state index contributed by atoms with van der Waals surface area (Å²) < 4.78 is 7.52. The van der Waals surface area contributed by atoms with Gasteiger partial charge in [-0.2, -0.15) is 0 Å². The molecule has 11 heteroatoms. The van der Waals surface area contributed by atoms with Crippen molar-refractivity contribution in [2.24, 2.45) is 0 Å². The number of fused-ring (bicyclic) bond motifs is 13. The van der Waals surface area contributed by atoms with Gasteiger partial charge in [0.1, 0.15) is 0 Å². The molecule has 0 unspecified atom stereocenters. The predicted molar refractivity (Wildman–Crippen MR) is 525 cm³/mol. The molecule has 7 heterocycles. The minimum atomic E-state index is 0.618. The highest BCUT2D eigenvalue weighted by Crippen LogP contribution is 2.48. The van der Waals surface area contributed by atoms with Crippen LogP contribution in [-0.4, -0.2) is 39.9 Å². The van der Waals surface area contributed by atoms with Crippen LogP contribution in [0.5, 0.6) is 0 Å². The first-order chi connectivity index (χ1) is 61.9. The van der Waals surface area contributed by atoms with Crippen LogP contribution in [0.4, 0.5) is 0 Å². The highest BCUT2D eigenvalue weighted by atomic mass is 32.1. The molecule has 0 atom stereocenters. The Morgan fingerprint density at radius 3 is 0.792 bits per heavy atom. The molecule has 8 nitrogen and oxygen atoms in total. The molecule has 0 N–H and O–H groups in total. The van der Waals surface area contributed by atoms with Gasteiger partial charge in [0.15, 0.2) is 34.9 Å². The van der Waals surface area contributed by atoms with Gasteiger partial charge in [-0.3, -0.25) is 0 Å². The Morgan fingerprint density at radius 1 is 0.136 bits per heavy atom. The Morgan fingerprint density at radius 2 is 0.376 bits per heavy atom. The van der Waals surface area contributed by atoms with Gasteiger partial charge in [-0.15, -0.1) is 34.0 Å². The normalized spacial score (nSPS) is 11.5. The Hall–Kier alpha value is -15.8. The van der Waals surface area contributed by atoms with E-state index in [1.165, 1.54) is 93.5 Å². The Kier molecular flexibility index (Phi) is 19.0. The number of nitrogens with zero attached hydrogens (tertiary/aromatic N) is 8. The van der Waals surface area contributed by atoms with Crippen molar-refractivity contribution < 1.29 is 0 Å². The lowest BCUT2D eigenvalue weighted by molar-refractivity contribution is 1.07. The number of aromatic nitrogens is 8. The second-order valence-corrected chi connectivity index (χ2v) is 34.4. The lowest BCUT2D eigenvalue weighted by atomic mass is 9.97. The molecule has 0 aliphatic rings. The van der Waals surface area contributed by atoms with Crippen molar-refractivity contribution in [3.63, 3.8) is 0 Å². The fourth-order valence-corrected chi connectivity index (χ4v) is 20.8. The van der Waals surface area contributed by atoms with E-state index in [4.69, 9.17) is 39.9 Å². The summed E-state index contributed by atoms with van der Waals surface area (Å²) in [6.45, 7) is 0. The topological polar surface area (TPSA) is 103 Å². The van der Waals surface area contributed by atoms with Crippen LogP contribution < -0.4 is 0 Å². The standard InChI is InChI=1S/C60H38N4S.C54H32N4S2/c1-4-13-39(14-5-1)42-23-29-45(30-24-42)58-62-59(46-31-25-43(26-32-46)40-15-6-2-7-16-40)64-60(63-58)47-33-27-44(28-34-47)48-19-12-20-50(37-48)56-57-55(52-21-10-11-22-54(52)65-57)51-36-35-49(38-53(51)61-56)41-17-8-3-9-18-41;1-3-13-33(14-4-1)52-56-53(34-15-5-2-6-16-34)58-54(57-52)40-20-12-18-36(30-40)35-17-11-19-39(29-35)50-51-49(44-22-8-10-24-47(44)60-51)43-28-26-37(31-45(43)55-50)38-25-27-42-41-21-7-9-23-46(41)59-48(42)32-38/h1-38H;1-32H. The molecule has 0 amide bonds. The van der Waals surface area contributed by atoms with Crippen LogP contribution in [-0.2, 0) is 0 Å². The number of thiophene rings is 3. The van der Waals surface area contributed by atoms with Gasteiger partial charge in [0.05, 0.1) is 31.8 Å². The van der Waals surface area contributed by atoms with E-state index in [2.05, 4.69) is 352 Å². The first kappa shape index (κ1) is 74.3. The van der Waals surface area contributed by atoms with Crippen molar-refractivity contribution in [1.29, 1.82) is 0 Å². The zero-order chi connectivity index (χ0) is 82.7. The minimum absolute atomic E-state index is 0.618. The zero-order valence-electron chi connectivity index (χ0n) is 67.2. The van der Waals surface area contributed by atoms with Crippen molar-refractivity contribution in [1.82, 2.24) is 39.9 Å². The van der Waals surface area contributed by atoms with E-state index in [9.17, 15) is 0 Å². The van der Waals surface area contributed by atoms with Crippen LogP contribution in [0.25, 0.3) is 240 Å². The molecule has 0 saturated heterocycles. The van der Waals surface area contributed by atoms with Crippen molar-refractivity contribution in [3.8, 4) is 158 Å². The maximum absolute atomic E-state index is 5.52. The molecule has 24 aromatic rings. The van der Waals surface area contributed by atoms with Crippen molar-refractivity contribution >= 4 is 116 Å². The van der Waals surface area contributed by atoms with Crippen LogP contribution in [0.2, 0.25) is 0 Å². The van der Waals surface area contributed by atoms with E-state index >= 15 is 0 Å².